The molecule has 2 N–H and O–H groups in total. The minimum absolute atomic E-state index is 0. The second-order valence-corrected chi connectivity index (χ2v) is 9.11. The summed E-state index contributed by atoms with van der Waals surface area (Å²) in [6, 6.07) is 6.80. The first-order valence-corrected chi connectivity index (χ1v) is 10.8. The van der Waals surface area contributed by atoms with E-state index in [9.17, 15) is 0 Å². The lowest BCUT2D eigenvalue weighted by Gasteiger charge is -2.59. The van der Waals surface area contributed by atoms with E-state index < -0.39 is 0 Å². The fourth-order valence-corrected chi connectivity index (χ4v) is 4.51. The summed E-state index contributed by atoms with van der Waals surface area (Å²) in [5.41, 5.74) is 1.10. The summed E-state index contributed by atoms with van der Waals surface area (Å²) in [4.78, 5) is 6.86. The number of piperidine rings is 1. The van der Waals surface area contributed by atoms with Gasteiger partial charge in [0.2, 0.25) is 0 Å². The zero-order valence-electron chi connectivity index (χ0n) is 19.9. The Labute approximate surface area is 204 Å². The molecule has 1 saturated heterocycles. The Balaban J connectivity index is 0.00000341. The molecule has 31 heavy (non-hydrogen) atoms. The van der Waals surface area contributed by atoms with Gasteiger partial charge in [0.1, 0.15) is 11.5 Å². The molecular weight excluding hydrogens is 507 g/mol. The second kappa shape index (κ2) is 10.5. The maximum Gasteiger partial charge on any atom is 0.191 e. The van der Waals surface area contributed by atoms with Crippen molar-refractivity contribution in [1.82, 2.24) is 10.6 Å². The minimum atomic E-state index is -0.0906. The van der Waals surface area contributed by atoms with Gasteiger partial charge in [-0.15, -0.1) is 24.0 Å². The molecule has 176 valence electrons. The third-order valence-electron chi connectivity index (χ3n) is 7.35. The molecule has 1 aromatic carbocycles. The summed E-state index contributed by atoms with van der Waals surface area (Å²) in [6.45, 7) is 8.64. The summed E-state index contributed by atoms with van der Waals surface area (Å²) >= 11 is 0. The van der Waals surface area contributed by atoms with Gasteiger partial charge < -0.3 is 29.7 Å². The SMILES string of the molecule is CN=C(NC1CCN(c2cc(OC)cc(OC)c2)CC1)NC1CC(C)(OC)C1(C)C.I. The topological polar surface area (TPSA) is 67.4 Å². The summed E-state index contributed by atoms with van der Waals surface area (Å²) in [5, 5.41) is 7.24. The molecule has 1 heterocycles. The van der Waals surface area contributed by atoms with Crippen LogP contribution < -0.4 is 25.0 Å². The summed E-state index contributed by atoms with van der Waals surface area (Å²) in [6.07, 6.45) is 3.07. The van der Waals surface area contributed by atoms with E-state index in [0.29, 0.717) is 12.1 Å². The lowest BCUT2D eigenvalue weighted by atomic mass is 9.56. The number of halogens is 1. The first-order chi connectivity index (χ1) is 14.3. The van der Waals surface area contributed by atoms with E-state index in [4.69, 9.17) is 14.2 Å². The maximum absolute atomic E-state index is 5.75. The van der Waals surface area contributed by atoms with Crippen LogP contribution in [-0.2, 0) is 4.74 Å². The van der Waals surface area contributed by atoms with Crippen LogP contribution in [0.5, 0.6) is 11.5 Å². The van der Waals surface area contributed by atoms with Gasteiger partial charge in [0.15, 0.2) is 5.96 Å². The predicted octanol–water partition coefficient (Wildman–Crippen LogP) is 3.66. The molecule has 0 amide bonds. The van der Waals surface area contributed by atoms with Gasteiger partial charge in [-0.25, -0.2) is 0 Å². The molecule has 2 unspecified atom stereocenters. The molecule has 3 rings (SSSR count). The van der Waals surface area contributed by atoms with Crippen LogP contribution >= 0.6 is 24.0 Å². The second-order valence-electron chi connectivity index (χ2n) is 9.11. The van der Waals surface area contributed by atoms with Crippen LogP contribution in [0, 0.1) is 5.41 Å². The fourth-order valence-electron chi connectivity index (χ4n) is 4.51. The number of ether oxygens (including phenoxy) is 3. The Morgan fingerprint density at radius 1 is 1.00 bits per heavy atom. The Morgan fingerprint density at radius 2 is 1.58 bits per heavy atom. The van der Waals surface area contributed by atoms with Crippen molar-refractivity contribution < 1.29 is 14.2 Å². The number of anilines is 1. The fraction of sp³-hybridized carbons (Fsp3) is 0.696. The highest BCUT2D eigenvalue weighted by atomic mass is 127. The van der Waals surface area contributed by atoms with E-state index in [1.54, 1.807) is 21.3 Å². The minimum Gasteiger partial charge on any atom is -0.497 e. The molecule has 1 aliphatic heterocycles. The quantitative estimate of drug-likeness (QED) is 0.323. The summed E-state index contributed by atoms with van der Waals surface area (Å²) < 4.78 is 16.6. The number of nitrogens with zero attached hydrogens (tertiary/aromatic N) is 2. The van der Waals surface area contributed by atoms with Crippen molar-refractivity contribution in [2.45, 2.75) is 57.7 Å². The number of rotatable bonds is 6. The molecule has 2 aliphatic rings. The van der Waals surface area contributed by atoms with E-state index in [2.05, 4.69) is 53.4 Å². The van der Waals surface area contributed by atoms with Gasteiger partial charge in [-0.05, 0) is 26.2 Å². The monoisotopic (exact) mass is 546 g/mol. The number of nitrogens with one attached hydrogen (secondary N) is 2. The smallest absolute Gasteiger partial charge is 0.191 e. The van der Waals surface area contributed by atoms with E-state index in [0.717, 1.165) is 55.5 Å². The van der Waals surface area contributed by atoms with Gasteiger partial charge in [-0.3, -0.25) is 4.99 Å². The number of hydrogen-bond acceptors (Lipinski definition) is 5. The van der Waals surface area contributed by atoms with Crippen molar-refractivity contribution in [2.75, 3.05) is 46.4 Å². The normalized spacial score (nSPS) is 25.8. The molecule has 1 aliphatic carbocycles. The molecule has 0 radical (unpaired) electrons. The largest absolute Gasteiger partial charge is 0.497 e. The van der Waals surface area contributed by atoms with Crippen LogP contribution in [0.3, 0.4) is 0 Å². The van der Waals surface area contributed by atoms with Crippen molar-refractivity contribution >= 4 is 35.6 Å². The van der Waals surface area contributed by atoms with Gasteiger partial charge in [0.25, 0.3) is 0 Å². The molecule has 1 aromatic rings. The highest BCUT2D eigenvalue weighted by molar-refractivity contribution is 14.0. The van der Waals surface area contributed by atoms with Crippen LogP contribution in [0.2, 0.25) is 0 Å². The Bertz CT molecular complexity index is 743. The van der Waals surface area contributed by atoms with Gasteiger partial charge in [-0.2, -0.15) is 0 Å². The lowest BCUT2D eigenvalue weighted by Crippen LogP contribution is -2.69. The van der Waals surface area contributed by atoms with Crippen LogP contribution in [0.1, 0.15) is 40.0 Å². The molecule has 1 saturated carbocycles. The highest BCUT2D eigenvalue weighted by Gasteiger charge is 2.58. The number of benzene rings is 1. The van der Waals surface area contributed by atoms with Crippen molar-refractivity contribution in [3.63, 3.8) is 0 Å². The highest BCUT2D eigenvalue weighted by Crippen LogP contribution is 2.51. The Hall–Kier alpha value is -1.42. The molecular formula is C23H39IN4O3. The zero-order chi connectivity index (χ0) is 21.9. The third-order valence-corrected chi connectivity index (χ3v) is 7.35. The Morgan fingerprint density at radius 3 is 2.03 bits per heavy atom. The first-order valence-electron chi connectivity index (χ1n) is 10.8. The first kappa shape index (κ1) is 25.8. The summed E-state index contributed by atoms with van der Waals surface area (Å²) in [5.74, 6) is 2.52. The predicted molar refractivity (Wildman–Crippen MR) is 137 cm³/mol. The van der Waals surface area contributed by atoms with E-state index in [-0.39, 0.29) is 35.0 Å². The van der Waals surface area contributed by atoms with Crippen LogP contribution in [0.15, 0.2) is 23.2 Å². The number of methoxy groups -OCH3 is 3. The van der Waals surface area contributed by atoms with Crippen LogP contribution in [0.25, 0.3) is 0 Å². The van der Waals surface area contributed by atoms with Crippen molar-refractivity contribution in [2.24, 2.45) is 10.4 Å². The van der Waals surface area contributed by atoms with Gasteiger partial charge in [0, 0.05) is 68.6 Å². The molecule has 0 bridgehead atoms. The third kappa shape index (κ3) is 5.32. The number of aliphatic imine (C=N–C) groups is 1. The number of guanidine groups is 1. The van der Waals surface area contributed by atoms with E-state index in [1.807, 2.05) is 13.1 Å². The average molecular weight is 546 g/mol. The molecule has 7 nitrogen and oxygen atoms in total. The molecule has 0 aromatic heterocycles. The van der Waals surface area contributed by atoms with E-state index >= 15 is 0 Å². The maximum atomic E-state index is 5.75. The molecule has 2 atom stereocenters. The van der Waals surface area contributed by atoms with Gasteiger partial charge >= 0.3 is 0 Å². The molecule has 0 spiro atoms. The molecule has 8 heteroatoms. The van der Waals surface area contributed by atoms with Crippen molar-refractivity contribution in [1.29, 1.82) is 0 Å². The molecule has 2 fully saturated rings. The van der Waals surface area contributed by atoms with Crippen LogP contribution in [0.4, 0.5) is 5.69 Å². The van der Waals surface area contributed by atoms with E-state index in [1.165, 1.54) is 0 Å². The van der Waals surface area contributed by atoms with Crippen molar-refractivity contribution in [3.05, 3.63) is 18.2 Å². The zero-order valence-corrected chi connectivity index (χ0v) is 22.3. The van der Waals surface area contributed by atoms with Gasteiger partial charge in [-0.1, -0.05) is 13.8 Å². The van der Waals surface area contributed by atoms with Crippen molar-refractivity contribution in [3.8, 4) is 11.5 Å². The lowest BCUT2D eigenvalue weighted by molar-refractivity contribution is -0.176. The number of hydrogen-bond donors (Lipinski definition) is 2. The average Bonchev–Trinajstić information content (AvgIpc) is 2.77. The van der Waals surface area contributed by atoms with Gasteiger partial charge in [0.05, 0.1) is 19.8 Å². The van der Waals surface area contributed by atoms with Crippen LogP contribution in [-0.4, -0.2) is 65.1 Å². The Kier molecular flexibility index (Phi) is 8.72. The summed E-state index contributed by atoms with van der Waals surface area (Å²) in [7, 11) is 7.02. The standard InChI is InChI=1S/C23H38N4O3.HI/c1-22(2)20(15-23(22,3)30-7)26-21(24-4)25-16-8-10-27(11-9-16)17-12-18(28-5)14-19(13-17)29-6;/h12-14,16,20H,8-11,15H2,1-7H3,(H2,24,25,26);1H.